The van der Waals surface area contributed by atoms with Crippen LogP contribution < -0.4 is 0 Å². The lowest BCUT2D eigenvalue weighted by molar-refractivity contribution is -0.132. The van der Waals surface area contributed by atoms with Crippen molar-refractivity contribution in [3.63, 3.8) is 0 Å². The Bertz CT molecular complexity index is 353. The highest BCUT2D eigenvalue weighted by Gasteiger charge is 2.23. The summed E-state index contributed by atoms with van der Waals surface area (Å²) in [6.07, 6.45) is 10.6. The number of thioether (sulfide) groups is 1. The molecular weight excluding hydrogens is 234 g/mol. The third-order valence-electron chi connectivity index (χ3n) is 3.22. The lowest BCUT2D eigenvalue weighted by Gasteiger charge is -2.33. The lowest BCUT2D eigenvalue weighted by atomic mass is 10.1. The van der Waals surface area contributed by atoms with Gasteiger partial charge in [-0.2, -0.15) is 11.8 Å². The third-order valence-corrected chi connectivity index (χ3v) is 3.83. The monoisotopic (exact) mass is 253 g/mol. The van der Waals surface area contributed by atoms with E-state index in [1.54, 1.807) is 18.0 Å². The standard InChI is InChI=1S/C12H19N3OS/c1-17-8-4-12(16)14-6-2-3-11(9-14)15-7-5-13-10-15/h5,7,10-11H,2-4,6,8-9H2,1H3. The summed E-state index contributed by atoms with van der Waals surface area (Å²) in [7, 11) is 0. The number of imidazole rings is 1. The minimum Gasteiger partial charge on any atom is -0.341 e. The number of rotatable bonds is 4. The van der Waals surface area contributed by atoms with Crippen molar-refractivity contribution in [1.29, 1.82) is 0 Å². The minimum absolute atomic E-state index is 0.296. The van der Waals surface area contributed by atoms with E-state index in [1.165, 1.54) is 0 Å². The molecule has 94 valence electrons. The van der Waals surface area contributed by atoms with Crippen LogP contribution in [-0.2, 0) is 4.79 Å². The first-order valence-corrected chi connectivity index (χ1v) is 7.45. The number of aromatic nitrogens is 2. The second kappa shape index (κ2) is 6.10. The summed E-state index contributed by atoms with van der Waals surface area (Å²) in [5.41, 5.74) is 0. The van der Waals surface area contributed by atoms with Crippen LogP contribution in [0.25, 0.3) is 0 Å². The lowest BCUT2D eigenvalue weighted by Crippen LogP contribution is -2.40. The fourth-order valence-electron chi connectivity index (χ4n) is 2.26. The van der Waals surface area contributed by atoms with E-state index in [-0.39, 0.29) is 0 Å². The Balaban J connectivity index is 1.90. The summed E-state index contributed by atoms with van der Waals surface area (Å²) in [5, 5.41) is 0. The number of carbonyl (C=O) groups excluding carboxylic acids is 1. The Morgan fingerprint density at radius 2 is 2.47 bits per heavy atom. The van der Waals surface area contributed by atoms with Crippen molar-refractivity contribution in [1.82, 2.24) is 14.5 Å². The maximum absolute atomic E-state index is 12.0. The van der Waals surface area contributed by atoms with Gasteiger partial charge in [0.2, 0.25) is 5.91 Å². The van der Waals surface area contributed by atoms with Crippen LogP contribution in [0.15, 0.2) is 18.7 Å². The molecule has 0 aromatic carbocycles. The van der Waals surface area contributed by atoms with E-state index in [4.69, 9.17) is 0 Å². The highest BCUT2D eigenvalue weighted by Crippen LogP contribution is 2.21. The molecule has 2 rings (SSSR count). The molecule has 1 aromatic rings. The van der Waals surface area contributed by atoms with E-state index < -0.39 is 0 Å². The molecule has 1 saturated heterocycles. The normalized spacial score (nSPS) is 20.5. The first kappa shape index (κ1) is 12.5. The second-order valence-corrected chi connectivity index (χ2v) is 5.37. The number of amides is 1. The van der Waals surface area contributed by atoms with Gasteiger partial charge in [0.15, 0.2) is 0 Å². The molecule has 1 aliphatic rings. The largest absolute Gasteiger partial charge is 0.341 e. The summed E-state index contributed by atoms with van der Waals surface area (Å²) in [6, 6.07) is 0.407. The zero-order valence-corrected chi connectivity index (χ0v) is 11.0. The van der Waals surface area contributed by atoms with Crippen LogP contribution in [0, 0.1) is 0 Å². The third kappa shape index (κ3) is 3.25. The van der Waals surface area contributed by atoms with E-state index in [0.717, 1.165) is 31.7 Å². The Morgan fingerprint density at radius 1 is 1.59 bits per heavy atom. The van der Waals surface area contributed by atoms with Gasteiger partial charge in [-0.25, -0.2) is 4.98 Å². The van der Waals surface area contributed by atoms with Gasteiger partial charge >= 0.3 is 0 Å². The second-order valence-electron chi connectivity index (χ2n) is 4.39. The smallest absolute Gasteiger partial charge is 0.223 e. The van der Waals surface area contributed by atoms with Crippen molar-refractivity contribution in [3.8, 4) is 0 Å². The van der Waals surface area contributed by atoms with Crippen molar-refractivity contribution in [3.05, 3.63) is 18.7 Å². The summed E-state index contributed by atoms with van der Waals surface area (Å²) in [4.78, 5) is 18.0. The van der Waals surface area contributed by atoms with Gasteiger partial charge < -0.3 is 9.47 Å². The maximum atomic E-state index is 12.0. The van der Waals surface area contributed by atoms with Crippen LogP contribution in [0.1, 0.15) is 25.3 Å². The zero-order valence-electron chi connectivity index (χ0n) is 10.2. The molecule has 1 aliphatic heterocycles. The molecule has 0 N–H and O–H groups in total. The van der Waals surface area contributed by atoms with Crippen LogP contribution in [0.2, 0.25) is 0 Å². The summed E-state index contributed by atoms with van der Waals surface area (Å²) in [6.45, 7) is 1.75. The molecule has 1 amide bonds. The summed E-state index contributed by atoms with van der Waals surface area (Å²) in [5.74, 6) is 1.22. The maximum Gasteiger partial charge on any atom is 0.223 e. The van der Waals surface area contributed by atoms with Crippen molar-refractivity contribution >= 4 is 17.7 Å². The predicted molar refractivity (Wildman–Crippen MR) is 70.1 cm³/mol. The molecule has 2 heterocycles. The topological polar surface area (TPSA) is 38.1 Å². The molecule has 0 bridgehead atoms. The fourth-order valence-corrected chi connectivity index (χ4v) is 2.64. The van der Waals surface area contributed by atoms with E-state index >= 15 is 0 Å². The molecule has 1 fully saturated rings. The molecule has 0 saturated carbocycles. The van der Waals surface area contributed by atoms with Crippen molar-refractivity contribution in [2.75, 3.05) is 25.1 Å². The highest BCUT2D eigenvalue weighted by atomic mass is 32.2. The van der Waals surface area contributed by atoms with E-state index in [9.17, 15) is 4.79 Å². The predicted octanol–water partition coefficient (Wildman–Crippen LogP) is 1.80. The SMILES string of the molecule is CSCCC(=O)N1CCCC(n2ccnc2)C1. The summed E-state index contributed by atoms with van der Waals surface area (Å²) < 4.78 is 2.12. The minimum atomic E-state index is 0.296. The van der Waals surface area contributed by atoms with Gasteiger partial charge in [-0.1, -0.05) is 0 Å². The van der Waals surface area contributed by atoms with Gasteiger partial charge in [0.1, 0.15) is 0 Å². The molecule has 4 nitrogen and oxygen atoms in total. The van der Waals surface area contributed by atoms with Crippen LogP contribution in [0.5, 0.6) is 0 Å². The highest BCUT2D eigenvalue weighted by molar-refractivity contribution is 7.98. The molecule has 1 aromatic heterocycles. The number of hydrogen-bond donors (Lipinski definition) is 0. The van der Waals surface area contributed by atoms with Crippen LogP contribution in [0.3, 0.4) is 0 Å². The average Bonchev–Trinajstić information content (AvgIpc) is 2.90. The molecular formula is C12H19N3OS. The molecule has 1 unspecified atom stereocenters. The Hall–Kier alpha value is -0.970. The number of hydrogen-bond acceptors (Lipinski definition) is 3. The molecule has 1 atom stereocenters. The molecule has 0 spiro atoms. The molecule has 0 aliphatic carbocycles. The van der Waals surface area contributed by atoms with Gasteiger partial charge in [-0.3, -0.25) is 4.79 Å². The molecule has 5 heteroatoms. The van der Waals surface area contributed by atoms with Crippen LogP contribution in [-0.4, -0.2) is 45.5 Å². The number of likely N-dealkylation sites (tertiary alicyclic amines) is 1. The van der Waals surface area contributed by atoms with E-state index in [1.807, 2.05) is 23.7 Å². The summed E-state index contributed by atoms with van der Waals surface area (Å²) >= 11 is 1.73. The van der Waals surface area contributed by atoms with Crippen molar-refractivity contribution in [2.24, 2.45) is 0 Å². The fraction of sp³-hybridized carbons (Fsp3) is 0.667. The average molecular weight is 253 g/mol. The Morgan fingerprint density at radius 3 is 3.18 bits per heavy atom. The Kier molecular flexibility index (Phi) is 4.48. The van der Waals surface area contributed by atoms with Crippen LogP contribution in [0.4, 0.5) is 0 Å². The first-order valence-electron chi connectivity index (χ1n) is 6.05. The van der Waals surface area contributed by atoms with Crippen molar-refractivity contribution in [2.45, 2.75) is 25.3 Å². The van der Waals surface area contributed by atoms with Crippen LogP contribution >= 0.6 is 11.8 Å². The first-order chi connectivity index (χ1) is 8.31. The Labute approximate surface area is 106 Å². The van der Waals surface area contributed by atoms with E-state index in [2.05, 4.69) is 9.55 Å². The van der Waals surface area contributed by atoms with Gasteiger partial charge in [0, 0.05) is 37.7 Å². The van der Waals surface area contributed by atoms with Gasteiger partial charge in [0.05, 0.1) is 12.4 Å². The van der Waals surface area contributed by atoms with Gasteiger partial charge in [-0.05, 0) is 19.1 Å². The number of piperidine rings is 1. The zero-order chi connectivity index (χ0) is 12.1. The van der Waals surface area contributed by atoms with E-state index in [0.29, 0.717) is 18.4 Å². The quantitative estimate of drug-likeness (QED) is 0.821. The van der Waals surface area contributed by atoms with Gasteiger partial charge in [0.25, 0.3) is 0 Å². The van der Waals surface area contributed by atoms with Crippen molar-refractivity contribution < 1.29 is 4.79 Å². The molecule has 0 radical (unpaired) electrons. The number of nitrogens with zero attached hydrogens (tertiary/aromatic N) is 3. The van der Waals surface area contributed by atoms with Gasteiger partial charge in [-0.15, -0.1) is 0 Å². The number of carbonyl (C=O) groups is 1. The molecule has 17 heavy (non-hydrogen) atoms.